The van der Waals surface area contributed by atoms with Gasteiger partial charge < -0.3 is 5.32 Å². The van der Waals surface area contributed by atoms with Gasteiger partial charge in [-0.1, -0.05) is 29.8 Å². The Kier molecular flexibility index (Phi) is 6.19. The van der Waals surface area contributed by atoms with Gasteiger partial charge in [0.15, 0.2) is 0 Å². The number of aryl methyl sites for hydroxylation is 1. The number of carbonyl (C=O) groups is 1. The highest BCUT2D eigenvalue weighted by Gasteiger charge is 2.13. The predicted molar refractivity (Wildman–Crippen MR) is 108 cm³/mol. The Morgan fingerprint density at radius 3 is 2.79 bits per heavy atom. The zero-order valence-electron chi connectivity index (χ0n) is 15.3. The number of H-pyrrole nitrogens is 2. The summed E-state index contributed by atoms with van der Waals surface area (Å²) >= 11 is 6.38. The van der Waals surface area contributed by atoms with Crippen molar-refractivity contribution in [2.75, 3.05) is 11.9 Å². The molecule has 0 atom stereocenters. The van der Waals surface area contributed by atoms with Gasteiger partial charge in [0, 0.05) is 13.0 Å². The van der Waals surface area contributed by atoms with Crippen LogP contribution >= 0.6 is 11.6 Å². The first-order chi connectivity index (χ1) is 14.0. The lowest BCUT2D eigenvalue weighted by Gasteiger charge is -2.03. The van der Waals surface area contributed by atoms with Crippen molar-refractivity contribution in [1.82, 2.24) is 30.4 Å². The molecule has 0 unspecified atom stereocenters. The van der Waals surface area contributed by atoms with Crippen molar-refractivity contribution in [3.63, 3.8) is 0 Å². The number of rotatable bonds is 7. The van der Waals surface area contributed by atoms with Crippen molar-refractivity contribution in [1.29, 1.82) is 0 Å². The van der Waals surface area contributed by atoms with Crippen LogP contribution in [0, 0.1) is 6.92 Å². The fourth-order valence-electron chi connectivity index (χ4n) is 2.38. The molecule has 2 heterocycles. The second-order valence-electron chi connectivity index (χ2n) is 5.86. The van der Waals surface area contributed by atoms with E-state index >= 15 is 0 Å². The van der Waals surface area contributed by atoms with Crippen molar-refractivity contribution in [3.8, 4) is 5.69 Å². The summed E-state index contributed by atoms with van der Waals surface area (Å²) in [6.07, 6.45) is 1.44. The molecule has 11 nitrogen and oxygen atoms in total. The summed E-state index contributed by atoms with van der Waals surface area (Å²) in [4.78, 5) is 36.3. The van der Waals surface area contributed by atoms with Crippen molar-refractivity contribution >= 4 is 29.5 Å². The van der Waals surface area contributed by atoms with E-state index in [1.165, 1.54) is 6.21 Å². The molecule has 0 saturated heterocycles. The van der Waals surface area contributed by atoms with E-state index in [2.05, 4.69) is 31.1 Å². The monoisotopic (exact) mass is 416 g/mol. The third kappa shape index (κ3) is 4.96. The van der Waals surface area contributed by atoms with E-state index in [0.29, 0.717) is 16.4 Å². The van der Waals surface area contributed by atoms with Gasteiger partial charge in [0.2, 0.25) is 11.7 Å². The van der Waals surface area contributed by atoms with Gasteiger partial charge in [-0.3, -0.25) is 14.6 Å². The van der Waals surface area contributed by atoms with Crippen molar-refractivity contribution in [3.05, 3.63) is 67.6 Å². The fourth-order valence-corrected chi connectivity index (χ4v) is 2.71. The molecule has 0 aliphatic heterocycles. The molecule has 29 heavy (non-hydrogen) atoms. The number of carbonyl (C=O) groups excluding carboxylic acids is 1. The number of hydrogen-bond donors (Lipinski definition) is 4. The number of halogens is 1. The number of nitrogens with zero attached hydrogens (tertiary/aromatic N) is 4. The van der Waals surface area contributed by atoms with Crippen molar-refractivity contribution in [2.45, 2.75) is 13.3 Å². The topological polar surface area (TPSA) is 150 Å². The van der Waals surface area contributed by atoms with Gasteiger partial charge in [-0.25, -0.2) is 20.0 Å². The minimum atomic E-state index is -0.711. The van der Waals surface area contributed by atoms with Crippen LogP contribution < -0.4 is 22.0 Å². The maximum Gasteiger partial charge on any atom is 0.342 e. The third-order valence-electron chi connectivity index (χ3n) is 3.79. The highest BCUT2D eigenvalue weighted by molar-refractivity contribution is 6.32. The number of hydrogen-bond acceptors (Lipinski definition) is 7. The average Bonchev–Trinajstić information content (AvgIpc) is 2.98. The van der Waals surface area contributed by atoms with Crippen LogP contribution in [0.1, 0.15) is 17.7 Å². The van der Waals surface area contributed by atoms with Crippen LogP contribution in [0.2, 0.25) is 5.15 Å². The minimum Gasteiger partial charge on any atom is -0.364 e. The van der Waals surface area contributed by atoms with E-state index < -0.39 is 11.2 Å². The third-order valence-corrected chi connectivity index (χ3v) is 4.15. The molecule has 1 aromatic carbocycles. The van der Waals surface area contributed by atoms with Gasteiger partial charge >= 0.3 is 5.69 Å². The van der Waals surface area contributed by atoms with E-state index in [4.69, 9.17) is 11.6 Å². The zero-order chi connectivity index (χ0) is 20.8. The maximum atomic E-state index is 11.9. The summed E-state index contributed by atoms with van der Waals surface area (Å²) < 4.78 is 1.58. The molecule has 150 valence electrons. The summed E-state index contributed by atoms with van der Waals surface area (Å²) in [6, 6.07) is 9.39. The van der Waals surface area contributed by atoms with Gasteiger partial charge in [-0.2, -0.15) is 10.2 Å². The second kappa shape index (κ2) is 8.97. The van der Waals surface area contributed by atoms with Gasteiger partial charge in [-0.05, 0) is 19.1 Å². The maximum absolute atomic E-state index is 11.9. The number of aromatic nitrogens is 5. The molecule has 2 aromatic heterocycles. The molecule has 12 heteroatoms. The number of benzene rings is 1. The molecule has 0 fully saturated rings. The van der Waals surface area contributed by atoms with Crippen molar-refractivity contribution in [2.24, 2.45) is 5.10 Å². The lowest BCUT2D eigenvalue weighted by Crippen LogP contribution is -2.28. The summed E-state index contributed by atoms with van der Waals surface area (Å²) in [6.45, 7) is 1.91. The molecule has 1 amide bonds. The fraction of sp³-hybridized carbons (Fsp3) is 0.176. The molecule has 3 rings (SSSR count). The van der Waals surface area contributed by atoms with Crippen LogP contribution in [0.4, 0.5) is 5.82 Å². The average molecular weight is 417 g/mol. The number of hydrazone groups is 1. The molecular formula is C17H17ClN8O3. The Morgan fingerprint density at radius 1 is 1.31 bits per heavy atom. The molecule has 0 bridgehead atoms. The number of amides is 1. The standard InChI is InChI=1S/C17H17ClN8O3/c1-10-12(14(18)26(25-10)11-5-3-2-4-6-11)9-20-22-13(27)7-8-19-15-16(28)21-17(29)24-23-15/h2-6,9H,7-8H2,1H3,(H,19,23)(H,22,27)(H2,21,24,28,29)/b20-9-. The van der Waals surface area contributed by atoms with Crippen LogP contribution in [0.5, 0.6) is 0 Å². The molecular weight excluding hydrogens is 400 g/mol. The first-order valence-electron chi connectivity index (χ1n) is 8.51. The second-order valence-corrected chi connectivity index (χ2v) is 6.22. The van der Waals surface area contributed by atoms with E-state index in [1.54, 1.807) is 11.6 Å². The number of aromatic amines is 2. The Labute approximate surface area is 168 Å². The van der Waals surface area contributed by atoms with Crippen LogP contribution in [-0.4, -0.2) is 43.6 Å². The molecule has 0 saturated carbocycles. The lowest BCUT2D eigenvalue weighted by molar-refractivity contribution is -0.120. The first-order valence-corrected chi connectivity index (χ1v) is 8.89. The van der Waals surface area contributed by atoms with Crippen LogP contribution in [-0.2, 0) is 4.79 Å². The summed E-state index contributed by atoms with van der Waals surface area (Å²) in [5.41, 5.74) is 3.03. The SMILES string of the molecule is Cc1nn(-c2ccccc2)c(Cl)c1/C=N\NC(=O)CCNc1n[nH]c(=O)[nH]c1=O. The van der Waals surface area contributed by atoms with E-state index in [-0.39, 0.29) is 24.7 Å². The summed E-state index contributed by atoms with van der Waals surface area (Å²) in [5.74, 6) is -0.476. The Hall–Kier alpha value is -3.73. The van der Waals surface area contributed by atoms with Crippen molar-refractivity contribution < 1.29 is 4.79 Å². The number of nitrogens with one attached hydrogen (secondary N) is 4. The largest absolute Gasteiger partial charge is 0.364 e. The smallest absolute Gasteiger partial charge is 0.342 e. The van der Waals surface area contributed by atoms with Gasteiger partial charge in [-0.15, -0.1) is 5.10 Å². The summed E-state index contributed by atoms with van der Waals surface area (Å²) in [7, 11) is 0. The molecule has 4 N–H and O–H groups in total. The lowest BCUT2D eigenvalue weighted by atomic mass is 10.3. The molecule has 0 spiro atoms. The molecule has 0 aliphatic rings. The minimum absolute atomic E-state index is 0.0214. The number of anilines is 1. The van der Waals surface area contributed by atoms with Gasteiger partial charge in [0.1, 0.15) is 5.15 Å². The van der Waals surface area contributed by atoms with Gasteiger partial charge in [0.05, 0.1) is 23.2 Å². The molecule has 3 aromatic rings. The van der Waals surface area contributed by atoms with Crippen LogP contribution in [0.25, 0.3) is 5.69 Å². The van der Waals surface area contributed by atoms with E-state index in [9.17, 15) is 14.4 Å². The number of para-hydroxylation sites is 1. The molecule has 0 aliphatic carbocycles. The normalized spacial score (nSPS) is 11.0. The predicted octanol–water partition coefficient (Wildman–Crippen LogP) is 0.558. The Balaban J connectivity index is 1.56. The van der Waals surface area contributed by atoms with Crippen LogP contribution in [0.15, 0.2) is 45.0 Å². The van der Waals surface area contributed by atoms with E-state index in [1.807, 2.05) is 35.3 Å². The Bertz CT molecular complexity index is 1150. The molecule has 0 radical (unpaired) electrons. The van der Waals surface area contributed by atoms with Gasteiger partial charge in [0.25, 0.3) is 5.56 Å². The first kappa shape index (κ1) is 20.0. The van der Waals surface area contributed by atoms with E-state index in [0.717, 1.165) is 5.69 Å². The Morgan fingerprint density at radius 2 is 2.07 bits per heavy atom. The van der Waals surface area contributed by atoms with Crippen LogP contribution in [0.3, 0.4) is 0 Å². The highest BCUT2D eigenvalue weighted by atomic mass is 35.5. The highest BCUT2D eigenvalue weighted by Crippen LogP contribution is 2.21. The quantitative estimate of drug-likeness (QED) is 0.326. The zero-order valence-corrected chi connectivity index (χ0v) is 16.0. The summed E-state index contributed by atoms with van der Waals surface area (Å²) in [5, 5.41) is 16.9.